The van der Waals surface area contributed by atoms with Crippen LogP contribution in [0, 0.1) is 12.8 Å². The molecule has 1 fully saturated rings. The van der Waals surface area contributed by atoms with Gasteiger partial charge in [-0.1, -0.05) is 55.3 Å². The predicted molar refractivity (Wildman–Crippen MR) is 111 cm³/mol. The van der Waals surface area contributed by atoms with E-state index in [0.29, 0.717) is 18.4 Å². The topological polar surface area (TPSA) is 80.7 Å². The van der Waals surface area contributed by atoms with Crippen LogP contribution < -0.4 is 0 Å². The quantitative estimate of drug-likeness (QED) is 0.474. The zero-order valence-corrected chi connectivity index (χ0v) is 17.5. The Morgan fingerprint density at radius 2 is 1.76 bits per heavy atom. The molecule has 1 N–H and O–H groups in total. The summed E-state index contributed by atoms with van der Waals surface area (Å²) in [5.74, 6) is -0.966. The molecule has 2 aromatic rings. The van der Waals surface area contributed by atoms with E-state index in [1.807, 2.05) is 24.3 Å². The van der Waals surface area contributed by atoms with Crippen LogP contribution in [0.4, 0.5) is 0 Å². The van der Waals surface area contributed by atoms with Gasteiger partial charge in [0.05, 0.1) is 17.4 Å². The number of carboxylic acids is 1. The van der Waals surface area contributed by atoms with E-state index in [1.54, 1.807) is 31.2 Å². The summed E-state index contributed by atoms with van der Waals surface area (Å²) in [6.45, 7) is 1.85. The van der Waals surface area contributed by atoms with E-state index in [-0.39, 0.29) is 17.4 Å². The molecule has 1 aliphatic rings. The molecule has 0 aliphatic heterocycles. The molecule has 5 nitrogen and oxygen atoms in total. The Labute approximate surface area is 172 Å². The summed E-state index contributed by atoms with van der Waals surface area (Å²) < 4.78 is 29.8. The summed E-state index contributed by atoms with van der Waals surface area (Å²) in [4.78, 5) is 11.9. The molecule has 1 saturated carbocycles. The van der Waals surface area contributed by atoms with E-state index in [9.17, 15) is 18.3 Å². The smallest absolute Gasteiger partial charge is 0.311 e. The van der Waals surface area contributed by atoms with Crippen LogP contribution in [-0.4, -0.2) is 26.1 Å². The van der Waals surface area contributed by atoms with Crippen molar-refractivity contribution in [3.05, 3.63) is 65.2 Å². The van der Waals surface area contributed by atoms with Crippen molar-refractivity contribution in [2.24, 2.45) is 5.92 Å². The van der Waals surface area contributed by atoms with Crippen LogP contribution >= 0.6 is 0 Å². The van der Waals surface area contributed by atoms with E-state index >= 15 is 0 Å². The highest BCUT2D eigenvalue weighted by Gasteiger charge is 2.31. The SMILES string of the molecule is Cc1ccccc1S(=O)(=O)OCCCc1ccc(C(C(=O)O)C2CCCC2)cc1. The van der Waals surface area contributed by atoms with Crippen molar-refractivity contribution in [1.29, 1.82) is 0 Å². The molecule has 0 amide bonds. The second-order valence-electron chi connectivity index (χ2n) is 7.75. The summed E-state index contributed by atoms with van der Waals surface area (Å²) in [5.41, 5.74) is 2.56. The minimum Gasteiger partial charge on any atom is -0.481 e. The Hall–Kier alpha value is -2.18. The van der Waals surface area contributed by atoms with Crippen molar-refractivity contribution in [3.63, 3.8) is 0 Å². The molecule has 2 aromatic carbocycles. The molecule has 0 saturated heterocycles. The standard InChI is InChI=1S/C23H28O5S/c1-17-7-2-5-11-21(17)29(26,27)28-16-6-8-18-12-14-20(15-13-18)22(23(24)25)19-9-3-4-10-19/h2,5,7,11-15,19,22H,3-4,6,8-10,16H2,1H3,(H,24,25). The van der Waals surface area contributed by atoms with Crippen molar-refractivity contribution < 1.29 is 22.5 Å². The second-order valence-corrected chi connectivity index (χ2v) is 9.33. The summed E-state index contributed by atoms with van der Waals surface area (Å²) in [5, 5.41) is 9.65. The van der Waals surface area contributed by atoms with Crippen molar-refractivity contribution >= 4 is 16.1 Å². The number of hydrogen-bond acceptors (Lipinski definition) is 4. The van der Waals surface area contributed by atoms with Crippen LogP contribution in [0.15, 0.2) is 53.4 Å². The first-order valence-corrected chi connectivity index (χ1v) is 11.6. The monoisotopic (exact) mass is 416 g/mol. The van der Waals surface area contributed by atoms with E-state index in [1.165, 1.54) is 0 Å². The van der Waals surface area contributed by atoms with E-state index in [2.05, 4.69) is 0 Å². The van der Waals surface area contributed by atoms with E-state index in [0.717, 1.165) is 36.8 Å². The molecule has 29 heavy (non-hydrogen) atoms. The van der Waals surface area contributed by atoms with Gasteiger partial charge in [-0.15, -0.1) is 0 Å². The van der Waals surface area contributed by atoms with Crippen LogP contribution in [0.25, 0.3) is 0 Å². The van der Waals surface area contributed by atoms with Gasteiger partial charge in [-0.25, -0.2) is 0 Å². The largest absolute Gasteiger partial charge is 0.481 e. The van der Waals surface area contributed by atoms with Gasteiger partial charge in [0.15, 0.2) is 0 Å². The summed E-state index contributed by atoms with van der Waals surface area (Å²) >= 11 is 0. The molecular weight excluding hydrogens is 388 g/mol. The van der Waals surface area contributed by atoms with Gasteiger partial charge in [-0.3, -0.25) is 8.98 Å². The minimum absolute atomic E-state index is 0.109. The molecule has 0 radical (unpaired) electrons. The first kappa shape index (κ1) is 21.5. The third kappa shape index (κ3) is 5.46. The summed E-state index contributed by atoms with van der Waals surface area (Å²) in [7, 11) is -3.75. The number of hydrogen-bond donors (Lipinski definition) is 1. The van der Waals surface area contributed by atoms with Gasteiger partial charge >= 0.3 is 5.97 Å². The molecule has 0 heterocycles. The number of rotatable bonds is 9. The summed E-state index contributed by atoms with van der Waals surface area (Å²) in [6.07, 6.45) is 5.41. The normalized spacial score (nSPS) is 16.0. The van der Waals surface area contributed by atoms with Crippen molar-refractivity contribution in [2.45, 2.75) is 56.3 Å². The number of aliphatic carboxylic acids is 1. The average molecular weight is 417 g/mol. The maximum Gasteiger partial charge on any atom is 0.311 e. The minimum atomic E-state index is -3.75. The lowest BCUT2D eigenvalue weighted by Gasteiger charge is -2.19. The zero-order valence-electron chi connectivity index (χ0n) is 16.7. The Kier molecular flexibility index (Phi) is 7.09. The Bertz CT molecular complexity index is 928. The molecule has 0 bridgehead atoms. The second kappa shape index (κ2) is 9.55. The lowest BCUT2D eigenvalue weighted by Crippen LogP contribution is -2.19. The number of aryl methyl sites for hydroxylation is 2. The lowest BCUT2D eigenvalue weighted by atomic mass is 9.84. The third-order valence-electron chi connectivity index (χ3n) is 5.69. The zero-order chi connectivity index (χ0) is 20.9. The molecular formula is C23H28O5S. The molecule has 156 valence electrons. The molecule has 0 aromatic heterocycles. The number of benzene rings is 2. The van der Waals surface area contributed by atoms with Gasteiger partial charge < -0.3 is 5.11 Å². The van der Waals surface area contributed by atoms with Gasteiger partial charge in [-0.05, 0) is 61.3 Å². The van der Waals surface area contributed by atoms with Crippen molar-refractivity contribution in [1.82, 2.24) is 0 Å². The van der Waals surface area contributed by atoms with Gasteiger partial charge in [0.25, 0.3) is 10.1 Å². The average Bonchev–Trinajstić information content (AvgIpc) is 3.20. The Morgan fingerprint density at radius 1 is 1.10 bits per heavy atom. The maximum absolute atomic E-state index is 12.3. The van der Waals surface area contributed by atoms with Crippen LogP contribution in [0.5, 0.6) is 0 Å². The molecule has 3 rings (SSSR count). The first-order valence-electron chi connectivity index (χ1n) is 10.1. The number of carboxylic acid groups (broad SMARTS) is 1. The fourth-order valence-electron chi connectivity index (χ4n) is 4.14. The van der Waals surface area contributed by atoms with E-state index < -0.39 is 22.0 Å². The predicted octanol–water partition coefficient (Wildman–Crippen LogP) is 4.69. The van der Waals surface area contributed by atoms with E-state index in [4.69, 9.17) is 4.18 Å². The third-order valence-corrected chi connectivity index (χ3v) is 7.16. The highest BCUT2D eigenvalue weighted by atomic mass is 32.2. The molecule has 1 unspecified atom stereocenters. The molecule has 6 heteroatoms. The van der Waals surface area contributed by atoms with Crippen molar-refractivity contribution in [3.8, 4) is 0 Å². The van der Waals surface area contributed by atoms with Crippen LogP contribution in [0.1, 0.15) is 54.7 Å². The molecule has 1 aliphatic carbocycles. The summed E-state index contributed by atoms with van der Waals surface area (Å²) in [6, 6.07) is 14.4. The number of carbonyl (C=O) groups is 1. The van der Waals surface area contributed by atoms with Gasteiger partial charge in [-0.2, -0.15) is 8.42 Å². The first-order chi connectivity index (χ1) is 13.9. The highest BCUT2D eigenvalue weighted by molar-refractivity contribution is 7.86. The Balaban J connectivity index is 1.54. The molecule has 0 spiro atoms. The maximum atomic E-state index is 12.3. The van der Waals surface area contributed by atoms with Crippen LogP contribution in [-0.2, 0) is 25.5 Å². The van der Waals surface area contributed by atoms with Crippen LogP contribution in [0.3, 0.4) is 0 Å². The lowest BCUT2D eigenvalue weighted by molar-refractivity contribution is -0.140. The van der Waals surface area contributed by atoms with Crippen LogP contribution in [0.2, 0.25) is 0 Å². The Morgan fingerprint density at radius 3 is 2.38 bits per heavy atom. The highest BCUT2D eigenvalue weighted by Crippen LogP contribution is 2.37. The fraction of sp³-hybridized carbons (Fsp3) is 0.435. The van der Waals surface area contributed by atoms with Gasteiger partial charge in [0.2, 0.25) is 0 Å². The van der Waals surface area contributed by atoms with Gasteiger partial charge in [0.1, 0.15) is 0 Å². The fourth-order valence-corrected chi connectivity index (χ4v) is 5.32. The van der Waals surface area contributed by atoms with Gasteiger partial charge in [0, 0.05) is 0 Å². The van der Waals surface area contributed by atoms with Crippen molar-refractivity contribution in [2.75, 3.05) is 6.61 Å². The molecule has 1 atom stereocenters.